The standard InChI is InChI=1S/C24H24N4O5/c1-15-10-17(19-4-2-3-5-20(19)26-15)13-33-18-8-6-16(7-9-18)23(31)27-24(11-21(25)29)12-22(30)28(32)14-24/h2-10,32H,11-14H2,1H3,(H2,25,29)(H,27,31). The second-order valence-electron chi connectivity index (χ2n) is 8.26. The van der Waals surface area contributed by atoms with Gasteiger partial charge in [0.05, 0.1) is 30.4 Å². The Morgan fingerprint density at radius 2 is 1.94 bits per heavy atom. The van der Waals surface area contributed by atoms with E-state index in [2.05, 4.69) is 10.3 Å². The van der Waals surface area contributed by atoms with Crippen LogP contribution in [0, 0.1) is 6.92 Å². The summed E-state index contributed by atoms with van der Waals surface area (Å²) in [6.07, 6.45) is -0.472. The summed E-state index contributed by atoms with van der Waals surface area (Å²) in [5, 5.41) is 13.9. The average molecular weight is 448 g/mol. The van der Waals surface area contributed by atoms with Crippen LogP contribution in [-0.2, 0) is 16.2 Å². The Morgan fingerprint density at radius 1 is 1.21 bits per heavy atom. The molecule has 1 aliphatic rings. The molecule has 4 N–H and O–H groups in total. The lowest BCUT2D eigenvalue weighted by Crippen LogP contribution is -2.52. The van der Waals surface area contributed by atoms with E-state index >= 15 is 0 Å². The number of ether oxygens (including phenoxy) is 1. The maximum Gasteiger partial charge on any atom is 0.251 e. The maximum atomic E-state index is 12.8. The fourth-order valence-electron chi connectivity index (χ4n) is 4.08. The van der Waals surface area contributed by atoms with Gasteiger partial charge in [0.15, 0.2) is 0 Å². The summed E-state index contributed by atoms with van der Waals surface area (Å²) in [5.41, 5.74) is 7.17. The molecule has 2 heterocycles. The number of aryl methyl sites for hydroxylation is 1. The number of nitrogens with zero attached hydrogens (tertiary/aromatic N) is 2. The van der Waals surface area contributed by atoms with Gasteiger partial charge >= 0.3 is 0 Å². The molecule has 4 rings (SSSR count). The number of carbonyl (C=O) groups is 3. The Morgan fingerprint density at radius 3 is 2.61 bits per heavy atom. The predicted molar refractivity (Wildman–Crippen MR) is 119 cm³/mol. The molecule has 0 saturated carbocycles. The lowest BCUT2D eigenvalue weighted by Gasteiger charge is -2.27. The quantitative estimate of drug-likeness (QED) is 0.474. The normalized spacial score (nSPS) is 17.9. The second kappa shape index (κ2) is 8.87. The maximum absolute atomic E-state index is 12.8. The van der Waals surface area contributed by atoms with Gasteiger partial charge in [-0.05, 0) is 43.3 Å². The van der Waals surface area contributed by atoms with Gasteiger partial charge in [0.1, 0.15) is 12.4 Å². The van der Waals surface area contributed by atoms with E-state index in [0.717, 1.165) is 22.2 Å². The molecule has 0 radical (unpaired) electrons. The first-order chi connectivity index (χ1) is 15.7. The van der Waals surface area contributed by atoms with Crippen LogP contribution in [0.2, 0.25) is 0 Å². The van der Waals surface area contributed by atoms with E-state index in [4.69, 9.17) is 10.5 Å². The van der Waals surface area contributed by atoms with E-state index in [0.29, 0.717) is 23.0 Å². The fourth-order valence-corrected chi connectivity index (χ4v) is 4.08. The van der Waals surface area contributed by atoms with Crippen molar-refractivity contribution in [3.05, 3.63) is 71.4 Å². The third-order valence-corrected chi connectivity index (χ3v) is 5.56. The van der Waals surface area contributed by atoms with Crippen LogP contribution >= 0.6 is 0 Å². The lowest BCUT2D eigenvalue weighted by molar-refractivity contribution is -0.157. The third-order valence-electron chi connectivity index (χ3n) is 5.56. The first kappa shape index (κ1) is 22.2. The van der Waals surface area contributed by atoms with Crippen LogP contribution in [0.25, 0.3) is 10.9 Å². The monoisotopic (exact) mass is 448 g/mol. The van der Waals surface area contributed by atoms with Crippen molar-refractivity contribution < 1.29 is 24.3 Å². The molecule has 3 amide bonds. The number of fused-ring (bicyclic) bond motifs is 1. The van der Waals surface area contributed by atoms with Crippen molar-refractivity contribution in [1.29, 1.82) is 0 Å². The SMILES string of the molecule is Cc1cc(COc2ccc(C(=O)NC3(CC(N)=O)CC(=O)N(O)C3)cc2)c2ccccc2n1. The summed E-state index contributed by atoms with van der Waals surface area (Å²) in [6, 6.07) is 16.3. The molecule has 2 aromatic carbocycles. The number of benzene rings is 2. The first-order valence-corrected chi connectivity index (χ1v) is 10.4. The van der Waals surface area contributed by atoms with Gasteiger partial charge in [0.2, 0.25) is 11.8 Å². The molecular weight excluding hydrogens is 424 g/mol. The summed E-state index contributed by atoms with van der Waals surface area (Å²) >= 11 is 0. The molecule has 3 aromatic rings. The fraction of sp³-hybridized carbons (Fsp3) is 0.250. The molecule has 0 spiro atoms. The minimum absolute atomic E-state index is 0.207. The second-order valence-corrected chi connectivity index (χ2v) is 8.26. The molecular formula is C24H24N4O5. The van der Waals surface area contributed by atoms with Crippen LogP contribution in [0.3, 0.4) is 0 Å². The molecule has 170 valence electrons. The third kappa shape index (κ3) is 4.93. The summed E-state index contributed by atoms with van der Waals surface area (Å²) < 4.78 is 5.92. The summed E-state index contributed by atoms with van der Waals surface area (Å²) in [4.78, 5) is 40.5. The molecule has 1 aromatic heterocycles. The molecule has 33 heavy (non-hydrogen) atoms. The first-order valence-electron chi connectivity index (χ1n) is 10.4. The number of carbonyl (C=O) groups excluding carboxylic acids is 3. The van der Waals surface area contributed by atoms with Gasteiger partial charge in [-0.15, -0.1) is 0 Å². The van der Waals surface area contributed by atoms with E-state index in [-0.39, 0.29) is 19.4 Å². The Bertz CT molecular complexity index is 1220. The molecule has 1 atom stereocenters. The number of rotatable bonds is 7. The minimum atomic E-state index is -1.25. The van der Waals surface area contributed by atoms with Gasteiger partial charge in [-0.1, -0.05) is 18.2 Å². The largest absolute Gasteiger partial charge is 0.489 e. The van der Waals surface area contributed by atoms with Crippen LogP contribution < -0.4 is 15.8 Å². The van der Waals surface area contributed by atoms with Crippen molar-refractivity contribution >= 4 is 28.6 Å². The average Bonchev–Trinajstić information content (AvgIpc) is 3.04. The van der Waals surface area contributed by atoms with Crippen molar-refractivity contribution in [2.24, 2.45) is 5.73 Å². The zero-order chi connectivity index (χ0) is 23.6. The van der Waals surface area contributed by atoms with Crippen molar-refractivity contribution in [1.82, 2.24) is 15.4 Å². The van der Waals surface area contributed by atoms with Crippen molar-refractivity contribution in [2.45, 2.75) is 31.9 Å². The van der Waals surface area contributed by atoms with Crippen LogP contribution in [0.5, 0.6) is 5.75 Å². The minimum Gasteiger partial charge on any atom is -0.489 e. The molecule has 1 saturated heterocycles. The molecule has 9 nitrogen and oxygen atoms in total. The number of amides is 3. The van der Waals surface area contributed by atoms with E-state index in [1.807, 2.05) is 37.3 Å². The Balaban J connectivity index is 1.45. The van der Waals surface area contributed by atoms with E-state index in [9.17, 15) is 19.6 Å². The van der Waals surface area contributed by atoms with Crippen molar-refractivity contribution in [2.75, 3.05) is 6.54 Å². The predicted octanol–water partition coefficient (Wildman–Crippen LogP) is 2.09. The molecule has 1 fully saturated rings. The van der Waals surface area contributed by atoms with Gasteiger partial charge in [-0.2, -0.15) is 0 Å². The highest BCUT2D eigenvalue weighted by atomic mass is 16.5. The number of aromatic nitrogens is 1. The molecule has 0 aliphatic carbocycles. The van der Waals surface area contributed by atoms with E-state index in [1.165, 1.54) is 0 Å². The van der Waals surface area contributed by atoms with Crippen LogP contribution in [0.1, 0.15) is 34.5 Å². The molecule has 1 aliphatic heterocycles. The highest BCUT2D eigenvalue weighted by Gasteiger charge is 2.45. The highest BCUT2D eigenvalue weighted by molar-refractivity contribution is 5.96. The highest BCUT2D eigenvalue weighted by Crippen LogP contribution is 2.26. The zero-order valence-corrected chi connectivity index (χ0v) is 18.1. The number of hydrogen-bond acceptors (Lipinski definition) is 6. The molecule has 9 heteroatoms. The topological polar surface area (TPSA) is 135 Å². The number of pyridine rings is 1. The van der Waals surface area contributed by atoms with Gasteiger partial charge in [0.25, 0.3) is 5.91 Å². The van der Waals surface area contributed by atoms with E-state index in [1.54, 1.807) is 24.3 Å². The van der Waals surface area contributed by atoms with Crippen LogP contribution in [0.4, 0.5) is 0 Å². The van der Waals surface area contributed by atoms with Gasteiger partial charge in [-0.25, -0.2) is 5.06 Å². The number of nitrogens with two attached hydrogens (primary N) is 1. The van der Waals surface area contributed by atoms with Gasteiger partial charge < -0.3 is 15.8 Å². The smallest absolute Gasteiger partial charge is 0.251 e. The molecule has 0 bridgehead atoms. The molecule has 1 unspecified atom stereocenters. The Labute approximate surface area is 190 Å². The Kier molecular flexibility index (Phi) is 5.97. The van der Waals surface area contributed by atoms with Crippen molar-refractivity contribution in [3.63, 3.8) is 0 Å². The van der Waals surface area contributed by atoms with Gasteiger partial charge in [-0.3, -0.25) is 24.6 Å². The summed E-state index contributed by atoms with van der Waals surface area (Å²) in [6.45, 7) is 2.06. The lowest BCUT2D eigenvalue weighted by atomic mass is 9.93. The number of nitrogens with one attached hydrogen (secondary N) is 1. The van der Waals surface area contributed by atoms with Gasteiger partial charge in [0, 0.05) is 22.2 Å². The Hall–Kier alpha value is -3.98. The number of hydroxylamine groups is 2. The van der Waals surface area contributed by atoms with E-state index < -0.39 is 23.3 Å². The summed E-state index contributed by atoms with van der Waals surface area (Å²) in [7, 11) is 0. The summed E-state index contributed by atoms with van der Waals surface area (Å²) in [5.74, 6) is -1.17. The van der Waals surface area contributed by atoms with Crippen LogP contribution in [-0.4, -0.2) is 45.1 Å². The van der Waals surface area contributed by atoms with Crippen LogP contribution in [0.15, 0.2) is 54.6 Å². The number of hydrogen-bond donors (Lipinski definition) is 3. The zero-order valence-electron chi connectivity index (χ0n) is 18.1. The van der Waals surface area contributed by atoms with Crippen molar-refractivity contribution in [3.8, 4) is 5.75 Å². The number of primary amides is 1. The number of para-hydroxylation sites is 1.